The van der Waals surface area contributed by atoms with Gasteiger partial charge in [-0.25, -0.2) is 13.1 Å². The van der Waals surface area contributed by atoms with Crippen LogP contribution in [-0.4, -0.2) is 27.7 Å². The van der Waals surface area contributed by atoms with Crippen LogP contribution < -0.4 is 14.2 Å². The van der Waals surface area contributed by atoms with E-state index in [1.54, 1.807) is 24.3 Å². The molecule has 0 saturated carbocycles. The highest BCUT2D eigenvalue weighted by Crippen LogP contribution is 2.34. The number of ether oxygens (including phenoxy) is 2. The van der Waals surface area contributed by atoms with Crippen molar-refractivity contribution in [2.24, 2.45) is 0 Å². The summed E-state index contributed by atoms with van der Waals surface area (Å²) in [6.07, 6.45) is -5.42. The Morgan fingerprint density at radius 1 is 1.04 bits per heavy atom. The van der Waals surface area contributed by atoms with Gasteiger partial charge in [0.1, 0.15) is 12.7 Å². The van der Waals surface area contributed by atoms with E-state index in [2.05, 4.69) is 4.72 Å². The van der Waals surface area contributed by atoms with Crippen LogP contribution in [-0.2, 0) is 16.2 Å². The van der Waals surface area contributed by atoms with Crippen LogP contribution in [0.25, 0.3) is 0 Å². The number of fused-ring (bicyclic) bond motifs is 1. The first-order valence-electron chi connectivity index (χ1n) is 7.32. The zero-order valence-electron chi connectivity index (χ0n) is 12.8. The maximum Gasteiger partial charge on any atom is 0.417 e. The molecule has 134 valence electrons. The fraction of sp³-hybridized carbons (Fsp3) is 0.250. The molecule has 2 aromatic carbocycles. The number of halogens is 3. The third kappa shape index (κ3) is 3.88. The average molecular weight is 373 g/mol. The van der Waals surface area contributed by atoms with Crippen LogP contribution in [0.1, 0.15) is 5.56 Å². The number of para-hydroxylation sites is 2. The van der Waals surface area contributed by atoms with Crippen LogP contribution in [0.4, 0.5) is 13.2 Å². The van der Waals surface area contributed by atoms with Crippen LogP contribution in [0.15, 0.2) is 53.4 Å². The molecular weight excluding hydrogens is 359 g/mol. The summed E-state index contributed by atoms with van der Waals surface area (Å²) in [5.74, 6) is 0.984. The number of hydrogen-bond donors (Lipinski definition) is 1. The highest BCUT2D eigenvalue weighted by atomic mass is 32.2. The Kier molecular flexibility index (Phi) is 4.61. The van der Waals surface area contributed by atoms with Gasteiger partial charge in [0, 0.05) is 0 Å². The molecule has 1 aliphatic heterocycles. The Morgan fingerprint density at radius 2 is 1.68 bits per heavy atom. The van der Waals surface area contributed by atoms with E-state index in [9.17, 15) is 21.6 Å². The van der Waals surface area contributed by atoms with Gasteiger partial charge in [-0.1, -0.05) is 24.3 Å². The van der Waals surface area contributed by atoms with E-state index in [1.807, 2.05) is 0 Å². The molecule has 0 unspecified atom stereocenters. The molecule has 0 bridgehead atoms. The topological polar surface area (TPSA) is 64.6 Å². The molecular formula is C16H14F3NO4S. The van der Waals surface area contributed by atoms with E-state index < -0.39 is 32.8 Å². The van der Waals surface area contributed by atoms with Crippen molar-refractivity contribution in [1.82, 2.24) is 4.72 Å². The number of sulfonamides is 1. The summed E-state index contributed by atoms with van der Waals surface area (Å²) >= 11 is 0. The van der Waals surface area contributed by atoms with E-state index in [0.29, 0.717) is 11.5 Å². The predicted octanol–water partition coefficient (Wildman–Crippen LogP) is 2.82. The van der Waals surface area contributed by atoms with Crippen molar-refractivity contribution in [1.29, 1.82) is 0 Å². The van der Waals surface area contributed by atoms with Gasteiger partial charge >= 0.3 is 6.18 Å². The van der Waals surface area contributed by atoms with Crippen LogP contribution in [0, 0.1) is 0 Å². The third-order valence-electron chi connectivity index (χ3n) is 3.55. The van der Waals surface area contributed by atoms with E-state index in [-0.39, 0.29) is 13.2 Å². The summed E-state index contributed by atoms with van der Waals surface area (Å²) in [7, 11) is -4.36. The van der Waals surface area contributed by atoms with Gasteiger partial charge in [0.2, 0.25) is 10.0 Å². The van der Waals surface area contributed by atoms with E-state index in [0.717, 1.165) is 18.2 Å². The zero-order valence-corrected chi connectivity index (χ0v) is 13.6. The van der Waals surface area contributed by atoms with Crippen molar-refractivity contribution in [3.8, 4) is 11.5 Å². The molecule has 1 N–H and O–H groups in total. The predicted molar refractivity (Wildman–Crippen MR) is 83.0 cm³/mol. The number of hydrogen-bond acceptors (Lipinski definition) is 4. The second kappa shape index (κ2) is 6.57. The maximum absolute atomic E-state index is 13.0. The molecule has 5 nitrogen and oxygen atoms in total. The van der Waals surface area contributed by atoms with Gasteiger partial charge in [0.05, 0.1) is 17.0 Å². The summed E-state index contributed by atoms with van der Waals surface area (Å²) in [6, 6.07) is 10.9. The Morgan fingerprint density at radius 3 is 2.40 bits per heavy atom. The minimum atomic E-state index is -4.77. The van der Waals surface area contributed by atoms with Crippen molar-refractivity contribution in [2.75, 3.05) is 13.2 Å². The van der Waals surface area contributed by atoms with Gasteiger partial charge in [-0.15, -0.1) is 0 Å². The molecule has 1 heterocycles. The molecule has 0 spiro atoms. The minimum Gasteiger partial charge on any atom is -0.486 e. The molecule has 9 heteroatoms. The number of nitrogens with one attached hydrogen (secondary N) is 1. The first-order valence-corrected chi connectivity index (χ1v) is 8.80. The highest BCUT2D eigenvalue weighted by Gasteiger charge is 2.37. The molecule has 0 fully saturated rings. The summed E-state index contributed by atoms with van der Waals surface area (Å²) in [5, 5.41) is 0. The first-order chi connectivity index (χ1) is 11.8. The largest absolute Gasteiger partial charge is 0.486 e. The average Bonchev–Trinajstić information content (AvgIpc) is 2.59. The van der Waals surface area contributed by atoms with Gasteiger partial charge < -0.3 is 9.47 Å². The fourth-order valence-corrected chi connectivity index (χ4v) is 3.67. The fourth-order valence-electron chi connectivity index (χ4n) is 2.38. The van der Waals surface area contributed by atoms with E-state index in [1.165, 1.54) is 6.07 Å². The number of rotatable bonds is 4. The second-order valence-corrected chi connectivity index (χ2v) is 7.08. The van der Waals surface area contributed by atoms with Crippen LogP contribution >= 0.6 is 0 Å². The number of benzene rings is 2. The van der Waals surface area contributed by atoms with Crippen LogP contribution in [0.2, 0.25) is 0 Å². The Hall–Kier alpha value is -2.26. The summed E-state index contributed by atoms with van der Waals surface area (Å²) in [5.41, 5.74) is -1.21. The van der Waals surface area contributed by atoms with Crippen molar-refractivity contribution in [3.05, 3.63) is 54.1 Å². The van der Waals surface area contributed by atoms with Crippen molar-refractivity contribution in [3.63, 3.8) is 0 Å². The summed E-state index contributed by atoms with van der Waals surface area (Å²) in [4.78, 5) is -0.820. The van der Waals surface area contributed by atoms with Gasteiger partial charge in [-0.05, 0) is 24.3 Å². The molecule has 0 amide bonds. The van der Waals surface area contributed by atoms with Gasteiger partial charge in [-0.3, -0.25) is 0 Å². The number of alkyl halides is 3. The second-order valence-electron chi connectivity index (χ2n) is 5.34. The lowest BCUT2D eigenvalue weighted by Gasteiger charge is -2.26. The maximum atomic E-state index is 13.0. The normalized spacial score (nSPS) is 17.3. The van der Waals surface area contributed by atoms with Crippen LogP contribution in [0.5, 0.6) is 11.5 Å². The lowest BCUT2D eigenvalue weighted by molar-refractivity contribution is -0.139. The quantitative estimate of drug-likeness (QED) is 0.895. The van der Waals surface area contributed by atoms with Crippen molar-refractivity contribution < 1.29 is 31.1 Å². The third-order valence-corrected chi connectivity index (χ3v) is 5.03. The Bertz CT molecular complexity index is 868. The summed E-state index contributed by atoms with van der Waals surface area (Å²) in [6.45, 7) is -0.136. The molecule has 1 atom stereocenters. The highest BCUT2D eigenvalue weighted by molar-refractivity contribution is 7.89. The minimum absolute atomic E-state index is 0.0838. The smallest absolute Gasteiger partial charge is 0.417 e. The van der Waals surface area contributed by atoms with E-state index >= 15 is 0 Å². The Labute approximate surface area is 142 Å². The first kappa shape index (κ1) is 17.6. The van der Waals surface area contributed by atoms with Crippen molar-refractivity contribution in [2.45, 2.75) is 17.2 Å². The molecule has 0 radical (unpaired) electrons. The standard InChI is InChI=1S/C16H14F3NO4S/c17-16(18,19)12-5-1-4-8-15(12)25(21,22)20-9-11-10-23-13-6-2-3-7-14(13)24-11/h1-8,11,20H,9-10H2/t11-/m0/s1. The van der Waals surface area contributed by atoms with Crippen molar-refractivity contribution >= 4 is 10.0 Å². The molecule has 2 aromatic rings. The zero-order chi connectivity index (χ0) is 18.1. The molecule has 1 aliphatic rings. The molecule has 0 aliphatic carbocycles. The SMILES string of the molecule is O=S(=O)(NC[C@H]1COc2ccccc2O1)c1ccccc1C(F)(F)F. The van der Waals surface area contributed by atoms with Crippen LogP contribution in [0.3, 0.4) is 0 Å². The molecule has 25 heavy (non-hydrogen) atoms. The molecule has 0 saturated heterocycles. The van der Waals surface area contributed by atoms with Gasteiger partial charge in [0.15, 0.2) is 11.5 Å². The van der Waals surface area contributed by atoms with Gasteiger partial charge in [-0.2, -0.15) is 13.2 Å². The molecule has 3 rings (SSSR count). The summed E-state index contributed by atoms with van der Waals surface area (Å²) < 4.78 is 76.8. The van der Waals surface area contributed by atoms with Gasteiger partial charge in [0.25, 0.3) is 0 Å². The van der Waals surface area contributed by atoms with E-state index in [4.69, 9.17) is 9.47 Å². The Balaban J connectivity index is 1.74. The monoisotopic (exact) mass is 373 g/mol. The lowest BCUT2D eigenvalue weighted by atomic mass is 10.2. The molecule has 0 aromatic heterocycles. The lowest BCUT2D eigenvalue weighted by Crippen LogP contribution is -2.41.